The van der Waals surface area contributed by atoms with Crippen molar-refractivity contribution in [2.75, 3.05) is 39.4 Å². The maximum Gasteiger partial charge on any atom is 0.295 e. The Morgan fingerprint density at radius 2 is 1.68 bits per heavy atom. The number of aryl methyl sites for hydroxylation is 1. The molecule has 1 atom stereocenters. The summed E-state index contributed by atoms with van der Waals surface area (Å²) in [5, 5.41) is 11.4. The molecule has 2 aromatic carbocycles. The molecule has 0 spiro atoms. The highest BCUT2D eigenvalue weighted by Gasteiger charge is 2.46. The largest absolute Gasteiger partial charge is 0.507 e. The number of benzene rings is 2. The third-order valence-corrected chi connectivity index (χ3v) is 6.46. The third kappa shape index (κ3) is 6.30. The molecule has 1 aliphatic rings. The molecule has 7 nitrogen and oxygen atoms in total. The molecule has 7 heteroatoms. The van der Waals surface area contributed by atoms with Gasteiger partial charge in [-0.25, -0.2) is 0 Å². The molecule has 0 aromatic heterocycles. The Bertz CT molecular complexity index is 1160. The van der Waals surface area contributed by atoms with E-state index in [0.717, 1.165) is 18.7 Å². The molecule has 3 rings (SSSR count). The number of hydrogen-bond donors (Lipinski definition) is 1. The van der Waals surface area contributed by atoms with E-state index in [1.807, 2.05) is 19.1 Å². The predicted octanol–water partition coefficient (Wildman–Crippen LogP) is 4.89. The molecule has 1 unspecified atom stereocenters. The van der Waals surface area contributed by atoms with Gasteiger partial charge < -0.3 is 24.4 Å². The lowest BCUT2D eigenvalue weighted by molar-refractivity contribution is -0.140. The van der Waals surface area contributed by atoms with Crippen molar-refractivity contribution in [3.63, 3.8) is 0 Å². The summed E-state index contributed by atoms with van der Waals surface area (Å²) >= 11 is 0. The van der Waals surface area contributed by atoms with Crippen LogP contribution in [-0.4, -0.2) is 66.0 Å². The number of likely N-dealkylation sites (tertiary alicyclic amines) is 1. The number of ether oxygens (including phenoxy) is 2. The second-order valence-electron chi connectivity index (χ2n) is 8.77. The molecular weight excluding hydrogens is 468 g/mol. The normalized spacial score (nSPS) is 16.8. The van der Waals surface area contributed by atoms with Crippen LogP contribution in [0.25, 0.3) is 5.76 Å². The maximum absolute atomic E-state index is 13.3. The Balaban J connectivity index is 2.06. The lowest BCUT2D eigenvalue weighted by Crippen LogP contribution is -2.38. The van der Waals surface area contributed by atoms with E-state index in [1.165, 1.54) is 0 Å². The van der Waals surface area contributed by atoms with Crippen molar-refractivity contribution in [1.82, 2.24) is 9.80 Å². The van der Waals surface area contributed by atoms with Gasteiger partial charge in [0.25, 0.3) is 11.7 Å². The monoisotopic (exact) mass is 504 g/mol. The van der Waals surface area contributed by atoms with Crippen LogP contribution in [0.1, 0.15) is 36.6 Å². The van der Waals surface area contributed by atoms with Crippen molar-refractivity contribution in [3.05, 3.63) is 90.0 Å². The third-order valence-electron chi connectivity index (χ3n) is 6.46. The Morgan fingerprint density at radius 3 is 2.27 bits per heavy atom. The molecule has 1 aliphatic heterocycles. The molecule has 37 heavy (non-hydrogen) atoms. The van der Waals surface area contributed by atoms with Crippen LogP contribution in [0, 0.1) is 6.92 Å². The van der Waals surface area contributed by atoms with Crippen LogP contribution in [0.5, 0.6) is 11.5 Å². The zero-order chi connectivity index (χ0) is 26.9. The van der Waals surface area contributed by atoms with Crippen molar-refractivity contribution in [3.8, 4) is 11.5 Å². The highest BCUT2D eigenvalue weighted by Crippen LogP contribution is 2.40. The maximum atomic E-state index is 13.3. The Hall–Kier alpha value is -3.84. The van der Waals surface area contributed by atoms with Crippen LogP contribution < -0.4 is 9.47 Å². The number of ketones is 1. The standard InChI is InChI=1S/C30H36N2O5/c1-6-18-36-24-13-10-22(11-14-24)27-26(29(34)30(35)32(27)17-16-31(8-3)9-4)28(33)23-12-15-25(21(5)20-23)37-19-7-2/h6-7,10-15,20,27,33H,1-2,8-9,16-19H2,3-5H3. The van der Waals surface area contributed by atoms with E-state index in [1.54, 1.807) is 47.4 Å². The predicted molar refractivity (Wildman–Crippen MR) is 146 cm³/mol. The van der Waals surface area contributed by atoms with E-state index in [9.17, 15) is 14.7 Å². The second-order valence-corrected chi connectivity index (χ2v) is 8.77. The lowest BCUT2D eigenvalue weighted by atomic mass is 9.94. The fourth-order valence-electron chi connectivity index (χ4n) is 4.41. The van der Waals surface area contributed by atoms with Crippen LogP contribution in [0.4, 0.5) is 0 Å². The van der Waals surface area contributed by atoms with E-state index in [2.05, 4.69) is 31.9 Å². The van der Waals surface area contributed by atoms with Gasteiger partial charge in [0.05, 0.1) is 11.6 Å². The number of amides is 1. The molecule has 1 amide bonds. The summed E-state index contributed by atoms with van der Waals surface area (Å²) in [6.45, 7) is 16.7. The van der Waals surface area contributed by atoms with E-state index in [-0.39, 0.29) is 11.3 Å². The first-order chi connectivity index (χ1) is 17.9. The van der Waals surface area contributed by atoms with Crippen LogP contribution in [-0.2, 0) is 9.59 Å². The minimum Gasteiger partial charge on any atom is -0.507 e. The molecule has 1 saturated heterocycles. The first kappa shape index (κ1) is 27.7. The summed E-state index contributed by atoms with van der Waals surface area (Å²) < 4.78 is 11.2. The van der Waals surface area contributed by atoms with Gasteiger partial charge in [0.2, 0.25) is 0 Å². The van der Waals surface area contributed by atoms with Crippen molar-refractivity contribution in [2.24, 2.45) is 0 Å². The van der Waals surface area contributed by atoms with Gasteiger partial charge in [0.1, 0.15) is 30.5 Å². The first-order valence-corrected chi connectivity index (χ1v) is 12.5. The second kappa shape index (κ2) is 12.9. The number of nitrogens with zero attached hydrogens (tertiary/aromatic N) is 2. The highest BCUT2D eigenvalue weighted by molar-refractivity contribution is 6.46. The van der Waals surface area contributed by atoms with Crippen molar-refractivity contribution in [2.45, 2.75) is 26.8 Å². The van der Waals surface area contributed by atoms with Gasteiger partial charge in [-0.3, -0.25) is 9.59 Å². The average Bonchev–Trinajstić information content (AvgIpc) is 3.16. The molecule has 1 heterocycles. The topological polar surface area (TPSA) is 79.3 Å². The van der Waals surface area contributed by atoms with Gasteiger partial charge >= 0.3 is 0 Å². The molecule has 1 fully saturated rings. The van der Waals surface area contributed by atoms with E-state index < -0.39 is 17.7 Å². The molecule has 0 radical (unpaired) electrons. The lowest BCUT2D eigenvalue weighted by Gasteiger charge is -2.28. The van der Waals surface area contributed by atoms with Gasteiger partial charge in [0, 0.05) is 18.7 Å². The van der Waals surface area contributed by atoms with Gasteiger partial charge in [-0.15, -0.1) is 0 Å². The average molecular weight is 505 g/mol. The van der Waals surface area contributed by atoms with E-state index in [0.29, 0.717) is 48.9 Å². The number of hydrogen-bond acceptors (Lipinski definition) is 6. The number of likely N-dealkylation sites (N-methyl/N-ethyl adjacent to an activating group) is 1. The fourth-order valence-corrected chi connectivity index (χ4v) is 4.41. The fraction of sp³-hybridized carbons (Fsp3) is 0.333. The van der Waals surface area contributed by atoms with Gasteiger partial charge in [-0.05, 0) is 61.5 Å². The van der Waals surface area contributed by atoms with Crippen molar-refractivity contribution < 1.29 is 24.2 Å². The number of carbonyl (C=O) groups is 2. The quantitative estimate of drug-likeness (QED) is 0.181. The Kier molecular flexibility index (Phi) is 9.69. The van der Waals surface area contributed by atoms with E-state index in [4.69, 9.17) is 9.47 Å². The molecule has 0 aliphatic carbocycles. The number of Topliss-reactive ketones (excluding diaryl/α,β-unsaturated/α-hetero) is 1. The van der Waals surface area contributed by atoms with Crippen molar-refractivity contribution >= 4 is 17.4 Å². The number of aliphatic hydroxyl groups excluding tert-OH is 1. The Labute approximate surface area is 219 Å². The summed E-state index contributed by atoms with van der Waals surface area (Å²) in [4.78, 5) is 30.3. The number of aliphatic hydroxyl groups is 1. The molecule has 2 aromatic rings. The summed E-state index contributed by atoms with van der Waals surface area (Å²) in [6.07, 6.45) is 3.31. The van der Waals surface area contributed by atoms with Gasteiger partial charge in [-0.2, -0.15) is 0 Å². The van der Waals surface area contributed by atoms with Gasteiger partial charge in [0.15, 0.2) is 0 Å². The smallest absolute Gasteiger partial charge is 0.295 e. The Morgan fingerprint density at radius 1 is 1.03 bits per heavy atom. The summed E-state index contributed by atoms with van der Waals surface area (Å²) in [5.74, 6) is -0.219. The molecule has 0 saturated carbocycles. The highest BCUT2D eigenvalue weighted by atomic mass is 16.5. The SMILES string of the molecule is C=CCOc1ccc(C2C(=C(O)c3ccc(OCC=C)c(C)c3)C(=O)C(=O)N2CCN(CC)CC)cc1. The molecule has 0 bridgehead atoms. The van der Waals surface area contributed by atoms with Crippen LogP contribution in [0.2, 0.25) is 0 Å². The molecule has 1 N–H and O–H groups in total. The first-order valence-electron chi connectivity index (χ1n) is 12.5. The minimum atomic E-state index is -0.721. The molecular formula is C30H36N2O5. The van der Waals surface area contributed by atoms with E-state index >= 15 is 0 Å². The minimum absolute atomic E-state index is 0.0727. The zero-order valence-electron chi connectivity index (χ0n) is 21.9. The van der Waals surface area contributed by atoms with Crippen LogP contribution in [0.3, 0.4) is 0 Å². The van der Waals surface area contributed by atoms with Gasteiger partial charge in [-0.1, -0.05) is 51.3 Å². The number of rotatable bonds is 13. The van der Waals surface area contributed by atoms with Crippen LogP contribution in [0.15, 0.2) is 73.3 Å². The van der Waals surface area contributed by atoms with Crippen molar-refractivity contribution in [1.29, 1.82) is 0 Å². The summed E-state index contributed by atoms with van der Waals surface area (Å²) in [6, 6.07) is 11.7. The van der Waals surface area contributed by atoms with Crippen LogP contribution >= 0.6 is 0 Å². The summed E-state index contributed by atoms with van der Waals surface area (Å²) in [7, 11) is 0. The molecule has 196 valence electrons. The number of carbonyl (C=O) groups excluding carboxylic acids is 2. The zero-order valence-corrected chi connectivity index (χ0v) is 21.9. The summed E-state index contributed by atoms with van der Waals surface area (Å²) in [5.41, 5.74) is 2.03.